The summed E-state index contributed by atoms with van der Waals surface area (Å²) in [6, 6.07) is 16.4. The van der Waals surface area contributed by atoms with Gasteiger partial charge in [-0.25, -0.2) is 0 Å². The van der Waals surface area contributed by atoms with Crippen LogP contribution in [0.25, 0.3) is 5.57 Å². The van der Waals surface area contributed by atoms with E-state index in [2.05, 4.69) is 72.0 Å². The maximum atomic E-state index is 4.07. The smallest absolute Gasteiger partial charge is 0.0384 e. The van der Waals surface area contributed by atoms with Crippen LogP contribution >= 0.6 is 15.9 Å². The molecule has 0 aliphatic heterocycles. The van der Waals surface area contributed by atoms with Gasteiger partial charge in [-0.2, -0.15) is 0 Å². The monoisotopic (exact) mass is 327 g/mol. The predicted molar refractivity (Wildman–Crippen MR) is 91.7 cm³/mol. The SMILES string of the molecule is C=C(/C=C(/C)c1ccccc1C)Nc1ccc(Br)cc1. The van der Waals surface area contributed by atoms with Crippen LogP contribution in [-0.4, -0.2) is 0 Å². The molecule has 0 radical (unpaired) electrons. The fourth-order valence-corrected chi connectivity index (χ4v) is 2.37. The van der Waals surface area contributed by atoms with Crippen LogP contribution in [0.3, 0.4) is 0 Å². The van der Waals surface area contributed by atoms with Crippen molar-refractivity contribution in [2.24, 2.45) is 0 Å². The number of allylic oxidation sites excluding steroid dienone is 2. The van der Waals surface area contributed by atoms with Gasteiger partial charge in [-0.05, 0) is 60.9 Å². The van der Waals surface area contributed by atoms with E-state index in [1.807, 2.05) is 24.3 Å². The molecule has 0 aliphatic carbocycles. The number of anilines is 1. The molecule has 0 saturated carbocycles. The van der Waals surface area contributed by atoms with Crippen LogP contribution < -0.4 is 5.32 Å². The zero-order valence-corrected chi connectivity index (χ0v) is 13.4. The van der Waals surface area contributed by atoms with Gasteiger partial charge in [0.15, 0.2) is 0 Å². The quantitative estimate of drug-likeness (QED) is 0.701. The van der Waals surface area contributed by atoms with Crippen LogP contribution in [-0.2, 0) is 0 Å². The molecule has 2 aromatic rings. The van der Waals surface area contributed by atoms with Gasteiger partial charge in [0, 0.05) is 15.9 Å². The van der Waals surface area contributed by atoms with Gasteiger partial charge in [-0.1, -0.05) is 46.8 Å². The van der Waals surface area contributed by atoms with Gasteiger partial charge in [0.1, 0.15) is 0 Å². The van der Waals surface area contributed by atoms with Crippen molar-refractivity contribution in [2.45, 2.75) is 13.8 Å². The Balaban J connectivity index is 2.12. The van der Waals surface area contributed by atoms with E-state index in [0.717, 1.165) is 15.9 Å². The molecule has 0 bridgehead atoms. The van der Waals surface area contributed by atoms with Gasteiger partial charge < -0.3 is 5.32 Å². The Morgan fingerprint density at radius 2 is 1.75 bits per heavy atom. The third-order valence-corrected chi connectivity index (χ3v) is 3.64. The van der Waals surface area contributed by atoms with Gasteiger partial charge >= 0.3 is 0 Å². The van der Waals surface area contributed by atoms with Crippen LogP contribution in [0.1, 0.15) is 18.1 Å². The Kier molecular flexibility index (Phi) is 4.80. The van der Waals surface area contributed by atoms with E-state index in [4.69, 9.17) is 0 Å². The van der Waals surface area contributed by atoms with Gasteiger partial charge in [0.05, 0.1) is 0 Å². The van der Waals surface area contributed by atoms with Gasteiger partial charge in [0.2, 0.25) is 0 Å². The first-order valence-electron chi connectivity index (χ1n) is 6.52. The van der Waals surface area contributed by atoms with Gasteiger partial charge in [-0.3, -0.25) is 0 Å². The highest BCUT2D eigenvalue weighted by atomic mass is 79.9. The van der Waals surface area contributed by atoms with Crippen molar-refractivity contribution >= 4 is 27.2 Å². The van der Waals surface area contributed by atoms with Crippen LogP contribution in [0.15, 0.2) is 71.4 Å². The van der Waals surface area contributed by atoms with E-state index in [1.165, 1.54) is 16.7 Å². The Morgan fingerprint density at radius 1 is 1.10 bits per heavy atom. The van der Waals surface area contributed by atoms with Crippen molar-refractivity contribution in [3.05, 3.63) is 82.5 Å². The average Bonchev–Trinajstić information content (AvgIpc) is 2.41. The highest BCUT2D eigenvalue weighted by Gasteiger charge is 2.00. The molecule has 0 aliphatic rings. The van der Waals surface area contributed by atoms with Crippen LogP contribution in [0.4, 0.5) is 5.69 Å². The minimum atomic E-state index is 0.882. The summed E-state index contributed by atoms with van der Waals surface area (Å²) in [7, 11) is 0. The third-order valence-electron chi connectivity index (χ3n) is 3.11. The zero-order chi connectivity index (χ0) is 14.5. The molecule has 2 rings (SSSR count). The largest absolute Gasteiger partial charge is 0.356 e. The molecular weight excluding hydrogens is 310 g/mol. The van der Waals surface area contributed by atoms with E-state index in [-0.39, 0.29) is 0 Å². The lowest BCUT2D eigenvalue weighted by Gasteiger charge is -2.09. The summed E-state index contributed by atoms with van der Waals surface area (Å²) in [6.07, 6.45) is 2.07. The minimum Gasteiger partial charge on any atom is -0.356 e. The molecule has 0 spiro atoms. The lowest BCUT2D eigenvalue weighted by atomic mass is 10.0. The number of nitrogens with one attached hydrogen (secondary N) is 1. The fraction of sp³-hybridized carbons (Fsp3) is 0.111. The Labute approximate surface area is 129 Å². The van der Waals surface area contributed by atoms with Crippen molar-refractivity contribution in [1.82, 2.24) is 0 Å². The molecular formula is C18H18BrN. The molecule has 1 nitrogen and oxygen atoms in total. The summed E-state index contributed by atoms with van der Waals surface area (Å²) >= 11 is 3.43. The molecule has 0 heterocycles. The van der Waals surface area contributed by atoms with E-state index in [0.29, 0.717) is 0 Å². The van der Waals surface area contributed by atoms with E-state index >= 15 is 0 Å². The Bertz CT molecular complexity index is 639. The second kappa shape index (κ2) is 6.58. The number of hydrogen-bond acceptors (Lipinski definition) is 1. The number of benzene rings is 2. The summed E-state index contributed by atoms with van der Waals surface area (Å²) in [6.45, 7) is 8.30. The second-order valence-electron chi connectivity index (χ2n) is 4.80. The highest BCUT2D eigenvalue weighted by molar-refractivity contribution is 9.10. The molecule has 20 heavy (non-hydrogen) atoms. The van der Waals surface area contributed by atoms with Crippen LogP contribution in [0.2, 0.25) is 0 Å². The summed E-state index contributed by atoms with van der Waals surface area (Å²) in [4.78, 5) is 0. The van der Waals surface area contributed by atoms with E-state index in [9.17, 15) is 0 Å². The van der Waals surface area contributed by atoms with Crippen molar-refractivity contribution in [3.63, 3.8) is 0 Å². The zero-order valence-electron chi connectivity index (χ0n) is 11.8. The maximum Gasteiger partial charge on any atom is 0.0384 e. The molecule has 0 atom stereocenters. The van der Waals surface area contributed by atoms with Crippen molar-refractivity contribution in [2.75, 3.05) is 5.32 Å². The lowest BCUT2D eigenvalue weighted by molar-refractivity contribution is 1.40. The summed E-state index contributed by atoms with van der Waals surface area (Å²) in [5, 5.41) is 3.30. The first-order valence-corrected chi connectivity index (χ1v) is 7.31. The Morgan fingerprint density at radius 3 is 2.40 bits per heavy atom. The van der Waals surface area contributed by atoms with Crippen LogP contribution in [0.5, 0.6) is 0 Å². The molecule has 2 aromatic carbocycles. The van der Waals surface area contributed by atoms with Crippen LogP contribution in [0, 0.1) is 6.92 Å². The first-order chi connectivity index (χ1) is 9.56. The van der Waals surface area contributed by atoms with Crippen molar-refractivity contribution < 1.29 is 0 Å². The second-order valence-corrected chi connectivity index (χ2v) is 5.72. The third kappa shape index (κ3) is 3.84. The predicted octanol–water partition coefficient (Wildman–Crippen LogP) is 5.79. The maximum absolute atomic E-state index is 4.07. The van der Waals surface area contributed by atoms with Gasteiger partial charge in [-0.15, -0.1) is 0 Å². The highest BCUT2D eigenvalue weighted by Crippen LogP contribution is 2.21. The lowest BCUT2D eigenvalue weighted by Crippen LogP contribution is -1.96. The van der Waals surface area contributed by atoms with Gasteiger partial charge in [0.25, 0.3) is 0 Å². The molecule has 0 aromatic heterocycles. The fourth-order valence-electron chi connectivity index (χ4n) is 2.11. The molecule has 0 fully saturated rings. The molecule has 1 N–H and O–H groups in total. The number of rotatable bonds is 4. The summed E-state index contributed by atoms with van der Waals surface area (Å²) < 4.78 is 1.07. The molecule has 0 amide bonds. The summed E-state index contributed by atoms with van der Waals surface area (Å²) in [5.74, 6) is 0. The molecule has 0 unspecified atom stereocenters. The molecule has 102 valence electrons. The molecule has 2 heteroatoms. The number of halogens is 1. The standard InChI is InChI=1S/C18H18BrN/c1-13-6-4-5-7-18(13)14(2)12-15(3)20-17-10-8-16(19)9-11-17/h4-12,20H,3H2,1-2H3/b14-12-. The van der Waals surface area contributed by atoms with E-state index < -0.39 is 0 Å². The topological polar surface area (TPSA) is 12.0 Å². The Hall–Kier alpha value is -1.80. The molecule has 0 saturated heterocycles. The van der Waals surface area contributed by atoms with Crippen molar-refractivity contribution in [1.29, 1.82) is 0 Å². The average molecular weight is 328 g/mol. The van der Waals surface area contributed by atoms with E-state index in [1.54, 1.807) is 0 Å². The van der Waals surface area contributed by atoms with Crippen molar-refractivity contribution in [3.8, 4) is 0 Å². The summed E-state index contributed by atoms with van der Waals surface area (Å²) in [5.41, 5.74) is 5.65. The number of hydrogen-bond donors (Lipinski definition) is 1. The normalized spacial score (nSPS) is 11.2. The number of aryl methyl sites for hydroxylation is 1. The minimum absolute atomic E-state index is 0.882. The first kappa shape index (κ1) is 14.6.